The number of carbonyl (C=O) groups is 2. The minimum atomic E-state index is -0.622. The van der Waals surface area contributed by atoms with Gasteiger partial charge in [-0.3, -0.25) is 14.5 Å². The van der Waals surface area contributed by atoms with Gasteiger partial charge in [0.2, 0.25) is 0 Å². The summed E-state index contributed by atoms with van der Waals surface area (Å²) in [6.45, 7) is 0.699. The van der Waals surface area contributed by atoms with Gasteiger partial charge in [-0.2, -0.15) is 0 Å². The lowest BCUT2D eigenvalue weighted by Gasteiger charge is -2.25. The van der Waals surface area contributed by atoms with Gasteiger partial charge in [0.1, 0.15) is 0 Å². The summed E-state index contributed by atoms with van der Waals surface area (Å²) in [5.41, 5.74) is 2.03. The summed E-state index contributed by atoms with van der Waals surface area (Å²) < 4.78 is 2.01. The van der Waals surface area contributed by atoms with Crippen LogP contribution in [-0.4, -0.2) is 41.9 Å². The van der Waals surface area contributed by atoms with E-state index in [4.69, 9.17) is 0 Å². The third-order valence-corrected chi connectivity index (χ3v) is 3.91. The number of amides is 2. The smallest absolute Gasteiger partial charge is 0.309 e. The van der Waals surface area contributed by atoms with Crippen molar-refractivity contribution in [3.63, 3.8) is 0 Å². The predicted octanol–water partition coefficient (Wildman–Crippen LogP) is 1.06. The summed E-state index contributed by atoms with van der Waals surface area (Å²) in [7, 11) is 5.85. The molecule has 1 atom stereocenters. The lowest BCUT2D eigenvalue weighted by atomic mass is 10.2. The van der Waals surface area contributed by atoms with Crippen molar-refractivity contribution in [3.05, 3.63) is 59.9 Å². The van der Waals surface area contributed by atoms with Gasteiger partial charge in [0.25, 0.3) is 0 Å². The zero-order valence-corrected chi connectivity index (χ0v) is 14.3. The third kappa shape index (κ3) is 4.70. The van der Waals surface area contributed by atoms with Crippen molar-refractivity contribution < 1.29 is 9.59 Å². The predicted molar refractivity (Wildman–Crippen MR) is 93.1 cm³/mol. The van der Waals surface area contributed by atoms with E-state index in [1.165, 1.54) is 0 Å². The molecular formula is C18H24N4O2. The van der Waals surface area contributed by atoms with Crippen molar-refractivity contribution in [2.45, 2.75) is 12.6 Å². The minimum absolute atomic E-state index is 0.00382. The highest BCUT2D eigenvalue weighted by atomic mass is 16.2. The molecule has 1 aromatic carbocycles. The number of hydrogen-bond donors (Lipinski definition) is 2. The molecule has 2 N–H and O–H groups in total. The van der Waals surface area contributed by atoms with E-state index >= 15 is 0 Å². The molecule has 1 heterocycles. The quantitative estimate of drug-likeness (QED) is 0.779. The highest BCUT2D eigenvalue weighted by molar-refractivity contribution is 6.35. The Labute approximate surface area is 142 Å². The van der Waals surface area contributed by atoms with Gasteiger partial charge in [0.05, 0.1) is 6.04 Å². The Morgan fingerprint density at radius 1 is 1.04 bits per heavy atom. The molecule has 0 aliphatic heterocycles. The fourth-order valence-corrected chi connectivity index (χ4v) is 2.50. The van der Waals surface area contributed by atoms with E-state index in [1.807, 2.05) is 79.3 Å². The van der Waals surface area contributed by atoms with Crippen LogP contribution in [0.1, 0.15) is 17.3 Å². The number of aryl methyl sites for hydroxylation is 1. The highest BCUT2D eigenvalue weighted by Gasteiger charge is 2.20. The van der Waals surface area contributed by atoms with Crippen LogP contribution in [0.5, 0.6) is 0 Å². The average Bonchev–Trinajstić information content (AvgIpc) is 2.99. The van der Waals surface area contributed by atoms with Crippen molar-refractivity contribution in [3.8, 4) is 0 Å². The Morgan fingerprint density at radius 2 is 1.71 bits per heavy atom. The van der Waals surface area contributed by atoms with Crippen molar-refractivity contribution in [1.29, 1.82) is 0 Å². The molecule has 1 unspecified atom stereocenters. The first kappa shape index (κ1) is 17.7. The van der Waals surface area contributed by atoms with Crippen LogP contribution in [0.4, 0.5) is 0 Å². The number of rotatable bonds is 6. The topological polar surface area (TPSA) is 66.4 Å². The highest BCUT2D eigenvalue weighted by Crippen LogP contribution is 2.17. The number of carbonyl (C=O) groups excluding carboxylic acids is 2. The van der Waals surface area contributed by atoms with Gasteiger partial charge < -0.3 is 15.2 Å². The number of nitrogens with zero attached hydrogens (tertiary/aromatic N) is 2. The Hall–Kier alpha value is -2.60. The lowest BCUT2D eigenvalue weighted by molar-refractivity contribution is -0.139. The van der Waals surface area contributed by atoms with Crippen LogP contribution in [-0.2, 0) is 23.2 Å². The molecule has 0 fully saturated rings. The lowest BCUT2D eigenvalue weighted by Crippen LogP contribution is -2.43. The second-order valence-corrected chi connectivity index (χ2v) is 5.90. The maximum Gasteiger partial charge on any atom is 0.309 e. The van der Waals surface area contributed by atoms with Crippen LogP contribution in [0, 0.1) is 0 Å². The second kappa shape index (κ2) is 8.31. The maximum absolute atomic E-state index is 12.0. The summed E-state index contributed by atoms with van der Waals surface area (Å²) in [6.07, 6.45) is 1.96. The molecule has 2 aromatic rings. The van der Waals surface area contributed by atoms with Gasteiger partial charge >= 0.3 is 11.8 Å². The molecule has 0 aliphatic rings. The summed E-state index contributed by atoms with van der Waals surface area (Å²) >= 11 is 0. The SMILES string of the molecule is CN(C)C(CNC(=O)C(=O)NCc1ccccc1)c1cccn1C. The Morgan fingerprint density at radius 3 is 2.29 bits per heavy atom. The van der Waals surface area contributed by atoms with Gasteiger partial charge in [0.15, 0.2) is 0 Å². The minimum Gasteiger partial charge on any atom is -0.353 e. The third-order valence-electron chi connectivity index (χ3n) is 3.91. The Bertz CT molecular complexity index is 679. The number of hydrogen-bond acceptors (Lipinski definition) is 3. The number of benzene rings is 1. The molecule has 128 valence electrons. The average molecular weight is 328 g/mol. The van der Waals surface area contributed by atoms with E-state index in [0.717, 1.165) is 11.3 Å². The number of aromatic nitrogens is 1. The van der Waals surface area contributed by atoms with E-state index < -0.39 is 11.8 Å². The van der Waals surface area contributed by atoms with E-state index in [9.17, 15) is 9.59 Å². The number of nitrogens with one attached hydrogen (secondary N) is 2. The largest absolute Gasteiger partial charge is 0.353 e. The van der Waals surface area contributed by atoms with Gasteiger partial charge in [0, 0.05) is 32.0 Å². The normalized spacial score (nSPS) is 12.0. The monoisotopic (exact) mass is 328 g/mol. The summed E-state index contributed by atoms with van der Waals surface area (Å²) in [5.74, 6) is -1.24. The Kier molecular flexibility index (Phi) is 6.14. The molecule has 2 amide bonds. The van der Waals surface area contributed by atoms with Gasteiger partial charge in [-0.05, 0) is 31.8 Å². The van der Waals surface area contributed by atoms with Gasteiger partial charge in [-0.1, -0.05) is 30.3 Å². The first-order chi connectivity index (χ1) is 11.5. The molecule has 0 saturated carbocycles. The fraction of sp³-hybridized carbons (Fsp3) is 0.333. The first-order valence-electron chi connectivity index (χ1n) is 7.86. The van der Waals surface area contributed by atoms with Crippen molar-refractivity contribution in [2.24, 2.45) is 7.05 Å². The molecule has 6 nitrogen and oxygen atoms in total. The van der Waals surface area contributed by atoms with Crippen LogP contribution >= 0.6 is 0 Å². The molecule has 24 heavy (non-hydrogen) atoms. The molecule has 0 aliphatic carbocycles. The van der Waals surface area contributed by atoms with Crippen molar-refractivity contribution in [1.82, 2.24) is 20.1 Å². The molecule has 0 bridgehead atoms. The van der Waals surface area contributed by atoms with Crippen LogP contribution in [0.3, 0.4) is 0 Å². The summed E-state index contributed by atoms with van der Waals surface area (Å²) in [6, 6.07) is 13.4. The van der Waals surface area contributed by atoms with E-state index in [0.29, 0.717) is 13.1 Å². The van der Waals surface area contributed by atoms with Crippen LogP contribution < -0.4 is 10.6 Å². The van der Waals surface area contributed by atoms with E-state index in [-0.39, 0.29) is 6.04 Å². The first-order valence-corrected chi connectivity index (χ1v) is 7.86. The Balaban J connectivity index is 1.86. The zero-order chi connectivity index (χ0) is 17.5. The molecular weight excluding hydrogens is 304 g/mol. The van der Waals surface area contributed by atoms with Crippen molar-refractivity contribution >= 4 is 11.8 Å². The summed E-state index contributed by atoms with van der Waals surface area (Å²) in [4.78, 5) is 25.9. The van der Waals surface area contributed by atoms with Crippen LogP contribution in [0.15, 0.2) is 48.7 Å². The molecule has 0 spiro atoms. The molecule has 2 rings (SSSR count). The van der Waals surface area contributed by atoms with Gasteiger partial charge in [-0.15, -0.1) is 0 Å². The van der Waals surface area contributed by atoms with Gasteiger partial charge in [-0.25, -0.2) is 0 Å². The second-order valence-electron chi connectivity index (χ2n) is 5.90. The standard InChI is InChI=1S/C18H24N4O2/c1-21(2)16(15-10-7-11-22(15)3)13-20-18(24)17(23)19-12-14-8-5-4-6-9-14/h4-11,16H,12-13H2,1-3H3,(H,19,23)(H,20,24). The number of likely N-dealkylation sites (N-methyl/N-ethyl adjacent to an activating group) is 1. The molecule has 0 radical (unpaired) electrons. The van der Waals surface area contributed by atoms with Crippen LogP contribution in [0.25, 0.3) is 0 Å². The zero-order valence-electron chi connectivity index (χ0n) is 14.3. The maximum atomic E-state index is 12.0. The molecule has 0 saturated heterocycles. The summed E-state index contributed by atoms with van der Waals surface area (Å²) in [5, 5.41) is 5.34. The van der Waals surface area contributed by atoms with Crippen molar-refractivity contribution in [2.75, 3.05) is 20.6 Å². The molecule has 1 aromatic heterocycles. The van der Waals surface area contributed by atoms with E-state index in [1.54, 1.807) is 0 Å². The van der Waals surface area contributed by atoms with Crippen LogP contribution in [0.2, 0.25) is 0 Å². The van der Waals surface area contributed by atoms with E-state index in [2.05, 4.69) is 10.6 Å². The fourth-order valence-electron chi connectivity index (χ4n) is 2.50. The molecule has 6 heteroatoms.